The fourth-order valence-corrected chi connectivity index (χ4v) is 3.06. The average molecular weight is 224 g/mol. The van der Waals surface area contributed by atoms with Crippen LogP contribution in [-0.4, -0.2) is 41.5 Å². The third kappa shape index (κ3) is 2.18. The molecule has 2 heterocycles. The molecule has 3 unspecified atom stereocenters. The van der Waals surface area contributed by atoms with Gasteiger partial charge in [0.15, 0.2) is 0 Å². The van der Waals surface area contributed by atoms with Gasteiger partial charge in [-0.25, -0.2) is 4.79 Å². The first-order chi connectivity index (χ1) is 7.59. The maximum atomic E-state index is 12.4. The number of amides is 2. The van der Waals surface area contributed by atoms with Crippen molar-refractivity contribution in [1.29, 1.82) is 0 Å². The van der Waals surface area contributed by atoms with E-state index in [9.17, 15) is 4.79 Å². The maximum absolute atomic E-state index is 12.4. The predicted molar refractivity (Wildman–Crippen MR) is 65.3 cm³/mol. The second-order valence-electron chi connectivity index (χ2n) is 5.69. The van der Waals surface area contributed by atoms with Gasteiger partial charge in [-0.2, -0.15) is 0 Å². The van der Waals surface area contributed by atoms with E-state index >= 15 is 0 Å². The van der Waals surface area contributed by atoms with Crippen LogP contribution in [0, 0.1) is 11.8 Å². The van der Waals surface area contributed by atoms with E-state index in [-0.39, 0.29) is 6.03 Å². The lowest BCUT2D eigenvalue weighted by Crippen LogP contribution is -2.53. The van der Waals surface area contributed by atoms with Gasteiger partial charge in [-0.3, -0.25) is 0 Å². The standard InChI is InChI=1S/C13H24N2O/c1-10-8-11(2)12(3)15(9-10)13(16)14-6-4-5-7-14/h10-12H,4-9H2,1-3H3. The van der Waals surface area contributed by atoms with Crippen molar-refractivity contribution in [3.05, 3.63) is 0 Å². The molecule has 0 saturated carbocycles. The number of likely N-dealkylation sites (tertiary alicyclic amines) is 2. The Bertz CT molecular complexity index is 261. The van der Waals surface area contributed by atoms with Gasteiger partial charge >= 0.3 is 6.03 Å². The summed E-state index contributed by atoms with van der Waals surface area (Å²) in [5.41, 5.74) is 0. The van der Waals surface area contributed by atoms with Crippen LogP contribution < -0.4 is 0 Å². The van der Waals surface area contributed by atoms with Crippen LogP contribution in [-0.2, 0) is 0 Å². The molecule has 2 saturated heterocycles. The highest BCUT2D eigenvalue weighted by Gasteiger charge is 2.34. The normalized spacial score (nSPS) is 35.6. The Kier molecular flexibility index (Phi) is 3.41. The lowest BCUT2D eigenvalue weighted by Gasteiger charge is -2.42. The largest absolute Gasteiger partial charge is 0.325 e. The molecule has 3 nitrogen and oxygen atoms in total. The molecule has 0 N–H and O–H groups in total. The monoisotopic (exact) mass is 224 g/mol. The molecule has 2 aliphatic rings. The molecule has 0 bridgehead atoms. The van der Waals surface area contributed by atoms with E-state index in [1.165, 1.54) is 19.3 Å². The van der Waals surface area contributed by atoms with Gasteiger partial charge in [0.2, 0.25) is 0 Å². The first kappa shape index (κ1) is 11.7. The smallest absolute Gasteiger partial charge is 0.320 e. The van der Waals surface area contributed by atoms with E-state index in [1.54, 1.807) is 0 Å². The number of urea groups is 1. The van der Waals surface area contributed by atoms with Crippen LogP contribution in [0.3, 0.4) is 0 Å². The van der Waals surface area contributed by atoms with Gasteiger partial charge in [0.05, 0.1) is 0 Å². The predicted octanol–water partition coefficient (Wildman–Crippen LogP) is 2.57. The molecule has 2 fully saturated rings. The van der Waals surface area contributed by atoms with Crippen molar-refractivity contribution in [3.63, 3.8) is 0 Å². The van der Waals surface area contributed by atoms with Gasteiger partial charge in [0.25, 0.3) is 0 Å². The molecule has 0 aromatic rings. The lowest BCUT2D eigenvalue weighted by molar-refractivity contribution is 0.0823. The topological polar surface area (TPSA) is 23.6 Å². The third-order valence-electron chi connectivity index (χ3n) is 4.22. The number of hydrogen-bond acceptors (Lipinski definition) is 1. The van der Waals surface area contributed by atoms with Crippen molar-refractivity contribution >= 4 is 6.03 Å². The fourth-order valence-electron chi connectivity index (χ4n) is 3.06. The van der Waals surface area contributed by atoms with Gasteiger partial charge in [-0.1, -0.05) is 13.8 Å². The summed E-state index contributed by atoms with van der Waals surface area (Å²) in [7, 11) is 0. The van der Waals surface area contributed by atoms with E-state index in [4.69, 9.17) is 0 Å². The average Bonchev–Trinajstić information content (AvgIpc) is 2.75. The summed E-state index contributed by atoms with van der Waals surface area (Å²) in [5, 5.41) is 0. The third-order valence-corrected chi connectivity index (χ3v) is 4.22. The molecule has 0 radical (unpaired) electrons. The van der Waals surface area contributed by atoms with Gasteiger partial charge in [-0.05, 0) is 38.0 Å². The van der Waals surface area contributed by atoms with Crippen molar-refractivity contribution in [2.24, 2.45) is 11.8 Å². The molecule has 0 aliphatic carbocycles. The highest BCUT2D eigenvalue weighted by molar-refractivity contribution is 5.75. The van der Waals surface area contributed by atoms with Crippen molar-refractivity contribution in [3.8, 4) is 0 Å². The van der Waals surface area contributed by atoms with Gasteiger partial charge in [-0.15, -0.1) is 0 Å². The summed E-state index contributed by atoms with van der Waals surface area (Å²) in [6, 6.07) is 0.688. The van der Waals surface area contributed by atoms with E-state index < -0.39 is 0 Å². The first-order valence-corrected chi connectivity index (χ1v) is 6.65. The number of carbonyl (C=O) groups excluding carboxylic acids is 1. The van der Waals surface area contributed by atoms with Crippen LogP contribution in [0.15, 0.2) is 0 Å². The Hall–Kier alpha value is -0.730. The highest BCUT2D eigenvalue weighted by atomic mass is 16.2. The number of carbonyl (C=O) groups is 1. The van der Waals surface area contributed by atoms with Crippen molar-refractivity contribution in [2.75, 3.05) is 19.6 Å². The summed E-state index contributed by atoms with van der Waals surface area (Å²) in [6.45, 7) is 9.60. The molecule has 0 spiro atoms. The number of piperidine rings is 1. The Balaban J connectivity index is 2.03. The quantitative estimate of drug-likeness (QED) is 0.620. The SMILES string of the molecule is CC1CC(C)C(C)N(C(=O)N2CCCC2)C1. The Labute approximate surface area is 98.8 Å². The summed E-state index contributed by atoms with van der Waals surface area (Å²) < 4.78 is 0. The highest BCUT2D eigenvalue weighted by Crippen LogP contribution is 2.28. The maximum Gasteiger partial charge on any atom is 0.320 e. The summed E-state index contributed by atoms with van der Waals surface area (Å²) >= 11 is 0. The molecular weight excluding hydrogens is 200 g/mol. The van der Waals surface area contributed by atoms with Gasteiger partial charge < -0.3 is 9.80 Å². The summed E-state index contributed by atoms with van der Waals surface area (Å²) in [6.07, 6.45) is 3.61. The molecule has 3 heteroatoms. The van der Waals surface area contributed by atoms with Crippen molar-refractivity contribution in [1.82, 2.24) is 9.80 Å². The number of hydrogen-bond donors (Lipinski definition) is 0. The van der Waals surface area contributed by atoms with Crippen molar-refractivity contribution < 1.29 is 4.79 Å². The van der Waals surface area contributed by atoms with Crippen LogP contribution in [0.5, 0.6) is 0 Å². The van der Waals surface area contributed by atoms with Crippen LogP contribution in [0.2, 0.25) is 0 Å². The fraction of sp³-hybridized carbons (Fsp3) is 0.923. The molecule has 92 valence electrons. The molecular formula is C13H24N2O. The summed E-state index contributed by atoms with van der Waals surface area (Å²) in [5.74, 6) is 1.29. The van der Waals surface area contributed by atoms with E-state index in [0.717, 1.165) is 19.6 Å². The molecule has 2 aliphatic heterocycles. The first-order valence-electron chi connectivity index (χ1n) is 6.65. The Morgan fingerprint density at radius 1 is 1.12 bits per heavy atom. The zero-order chi connectivity index (χ0) is 11.7. The number of rotatable bonds is 0. The van der Waals surface area contributed by atoms with Crippen molar-refractivity contribution in [2.45, 2.75) is 46.1 Å². The molecule has 0 aromatic carbocycles. The van der Waals surface area contributed by atoms with Crippen LogP contribution in [0.4, 0.5) is 4.79 Å². The second-order valence-corrected chi connectivity index (χ2v) is 5.69. The van der Waals surface area contributed by atoms with Crippen LogP contribution >= 0.6 is 0 Å². The van der Waals surface area contributed by atoms with Crippen LogP contribution in [0.25, 0.3) is 0 Å². The summed E-state index contributed by atoms with van der Waals surface area (Å²) in [4.78, 5) is 16.5. The Morgan fingerprint density at radius 2 is 1.75 bits per heavy atom. The lowest BCUT2D eigenvalue weighted by atomic mass is 9.86. The molecule has 0 aromatic heterocycles. The van der Waals surface area contributed by atoms with E-state index in [0.29, 0.717) is 17.9 Å². The number of nitrogens with zero attached hydrogens (tertiary/aromatic N) is 2. The van der Waals surface area contributed by atoms with E-state index in [2.05, 4.69) is 25.7 Å². The minimum atomic E-state index is 0.281. The minimum absolute atomic E-state index is 0.281. The van der Waals surface area contributed by atoms with Gasteiger partial charge in [0.1, 0.15) is 0 Å². The zero-order valence-corrected chi connectivity index (χ0v) is 10.8. The van der Waals surface area contributed by atoms with Crippen LogP contribution in [0.1, 0.15) is 40.0 Å². The minimum Gasteiger partial charge on any atom is -0.325 e. The Morgan fingerprint density at radius 3 is 2.38 bits per heavy atom. The molecule has 3 atom stereocenters. The zero-order valence-electron chi connectivity index (χ0n) is 10.8. The van der Waals surface area contributed by atoms with E-state index in [1.807, 2.05) is 4.90 Å². The molecule has 2 amide bonds. The van der Waals surface area contributed by atoms with Gasteiger partial charge in [0, 0.05) is 25.7 Å². The molecule has 16 heavy (non-hydrogen) atoms. The second kappa shape index (κ2) is 4.64. The molecule has 2 rings (SSSR count).